The van der Waals surface area contributed by atoms with E-state index < -0.39 is 12.1 Å². The number of ether oxygens (including phenoxy) is 2. The fraction of sp³-hybridized carbons (Fsp3) is 0.714. The number of halogens is 3. The molecule has 2 heterocycles. The number of nitrogens with zero attached hydrogens (tertiary/aromatic N) is 2. The third-order valence-electron chi connectivity index (χ3n) is 6.02. The molecule has 1 aromatic rings. The van der Waals surface area contributed by atoms with Gasteiger partial charge < -0.3 is 14.6 Å². The molecule has 168 valence electrons. The van der Waals surface area contributed by atoms with Gasteiger partial charge in [-0.2, -0.15) is 13.2 Å². The van der Waals surface area contributed by atoms with Gasteiger partial charge in [0.1, 0.15) is 0 Å². The van der Waals surface area contributed by atoms with Gasteiger partial charge in [-0.15, -0.1) is 0 Å². The Labute approximate surface area is 174 Å². The molecule has 4 rings (SSSR count). The van der Waals surface area contributed by atoms with Crippen molar-refractivity contribution in [3.05, 3.63) is 30.1 Å². The van der Waals surface area contributed by atoms with Crippen molar-refractivity contribution in [3.63, 3.8) is 0 Å². The van der Waals surface area contributed by atoms with Crippen LogP contribution >= 0.6 is 0 Å². The van der Waals surface area contributed by atoms with Gasteiger partial charge in [-0.3, -0.25) is 9.88 Å². The highest BCUT2D eigenvalue weighted by Crippen LogP contribution is 2.34. The molecule has 0 unspecified atom stereocenters. The lowest BCUT2D eigenvalue weighted by Gasteiger charge is -2.39. The molecule has 0 radical (unpaired) electrons. The van der Waals surface area contributed by atoms with Crippen LogP contribution in [0.1, 0.15) is 44.1 Å². The van der Waals surface area contributed by atoms with Crippen LogP contribution in [-0.2, 0) is 20.8 Å². The predicted octanol–water partition coefficient (Wildman–Crippen LogP) is 3.65. The number of pyridine rings is 1. The number of morpholine rings is 1. The highest BCUT2D eigenvalue weighted by Gasteiger charge is 2.43. The van der Waals surface area contributed by atoms with E-state index in [-0.39, 0.29) is 6.10 Å². The van der Waals surface area contributed by atoms with Gasteiger partial charge in [-0.05, 0) is 43.2 Å². The van der Waals surface area contributed by atoms with E-state index in [2.05, 4.69) is 16.0 Å². The Morgan fingerprint density at radius 2 is 2.00 bits per heavy atom. The number of hydrogen-bond acceptors (Lipinski definition) is 5. The van der Waals surface area contributed by atoms with Gasteiger partial charge >= 0.3 is 12.1 Å². The summed E-state index contributed by atoms with van der Waals surface area (Å²) in [6, 6.07) is 4.70. The molecule has 1 aliphatic heterocycles. The normalized spacial score (nSPS) is 27.4. The zero-order valence-electron chi connectivity index (χ0n) is 16.9. The van der Waals surface area contributed by atoms with Gasteiger partial charge in [0.25, 0.3) is 0 Å². The van der Waals surface area contributed by atoms with Crippen molar-refractivity contribution in [2.45, 2.75) is 69.5 Å². The lowest BCUT2D eigenvalue weighted by molar-refractivity contribution is -0.192. The predicted molar refractivity (Wildman–Crippen MR) is 103 cm³/mol. The molecule has 0 amide bonds. The molecule has 2 aliphatic carbocycles. The van der Waals surface area contributed by atoms with Crippen molar-refractivity contribution in [3.8, 4) is 0 Å². The van der Waals surface area contributed by atoms with Crippen molar-refractivity contribution in [1.29, 1.82) is 0 Å². The van der Waals surface area contributed by atoms with E-state index in [0.717, 1.165) is 38.6 Å². The molecule has 1 saturated heterocycles. The van der Waals surface area contributed by atoms with Crippen LogP contribution in [0.15, 0.2) is 24.5 Å². The summed E-state index contributed by atoms with van der Waals surface area (Å²) in [6.07, 6.45) is 7.14. The average molecular weight is 430 g/mol. The first-order chi connectivity index (χ1) is 14.3. The number of carboxylic acid groups (broad SMARTS) is 1. The van der Waals surface area contributed by atoms with Gasteiger partial charge in [-0.25, -0.2) is 4.79 Å². The molecule has 3 fully saturated rings. The largest absolute Gasteiger partial charge is 0.490 e. The van der Waals surface area contributed by atoms with Crippen LogP contribution in [0.4, 0.5) is 13.2 Å². The minimum Gasteiger partial charge on any atom is -0.475 e. The van der Waals surface area contributed by atoms with Crippen LogP contribution < -0.4 is 0 Å². The van der Waals surface area contributed by atoms with Crippen LogP contribution in [0.3, 0.4) is 0 Å². The summed E-state index contributed by atoms with van der Waals surface area (Å²) < 4.78 is 44.1. The Balaban J connectivity index is 0.000000318. The number of rotatable bonds is 5. The first-order valence-electron chi connectivity index (χ1n) is 10.5. The fourth-order valence-corrected chi connectivity index (χ4v) is 4.53. The van der Waals surface area contributed by atoms with E-state index in [4.69, 9.17) is 19.4 Å². The summed E-state index contributed by atoms with van der Waals surface area (Å²) >= 11 is 0. The Bertz CT molecular complexity index is 668. The molecule has 0 spiro atoms. The molecule has 0 bridgehead atoms. The number of aliphatic carboxylic acids is 1. The van der Waals surface area contributed by atoms with E-state index in [9.17, 15) is 13.2 Å². The minimum absolute atomic E-state index is 0.266. The maximum Gasteiger partial charge on any atom is 0.490 e. The number of fused-ring (bicyclic) bond motifs is 1. The smallest absolute Gasteiger partial charge is 0.475 e. The van der Waals surface area contributed by atoms with Gasteiger partial charge in [0.15, 0.2) is 0 Å². The highest BCUT2D eigenvalue weighted by molar-refractivity contribution is 5.73. The van der Waals surface area contributed by atoms with Crippen molar-refractivity contribution >= 4 is 5.97 Å². The Hall–Kier alpha value is -1.71. The van der Waals surface area contributed by atoms with Gasteiger partial charge in [-0.1, -0.05) is 18.9 Å². The molecule has 0 aromatic carbocycles. The van der Waals surface area contributed by atoms with E-state index >= 15 is 0 Å². The van der Waals surface area contributed by atoms with Crippen molar-refractivity contribution < 1.29 is 32.5 Å². The molecular weight excluding hydrogens is 401 g/mol. The molecule has 2 saturated carbocycles. The summed E-state index contributed by atoms with van der Waals surface area (Å²) in [5, 5.41) is 7.12. The summed E-state index contributed by atoms with van der Waals surface area (Å²) in [4.78, 5) is 15.7. The van der Waals surface area contributed by atoms with Crippen LogP contribution in [0.25, 0.3) is 0 Å². The summed E-state index contributed by atoms with van der Waals surface area (Å²) in [6.45, 7) is 3.77. The quantitative estimate of drug-likeness (QED) is 0.769. The number of hydrogen-bond donors (Lipinski definition) is 1. The third-order valence-corrected chi connectivity index (χ3v) is 6.02. The number of aromatic nitrogens is 1. The molecule has 3 atom stereocenters. The standard InChI is InChI=1S/C19H28N2O2.C2HF3O2/c1-2-5-15(4-1)14-23-18-8-7-17-19(18)22-11-10-21(17)13-16-6-3-9-20-12-16;3-2(4,5)1(6)7/h3,6,9,12,15,17-19H,1-2,4-5,7-8,10-11,13-14H2;(H,6,7)/t17-,18+,19+;/m0./s1. The van der Waals surface area contributed by atoms with E-state index in [1.807, 2.05) is 18.5 Å². The first-order valence-corrected chi connectivity index (χ1v) is 10.5. The van der Waals surface area contributed by atoms with Gasteiger partial charge in [0, 0.05) is 38.1 Å². The summed E-state index contributed by atoms with van der Waals surface area (Å²) in [5.41, 5.74) is 1.29. The lowest BCUT2D eigenvalue weighted by Crippen LogP contribution is -2.51. The van der Waals surface area contributed by atoms with Crippen LogP contribution in [-0.4, -0.2) is 65.1 Å². The molecule has 1 N–H and O–H groups in total. The molecule has 6 nitrogen and oxygen atoms in total. The van der Waals surface area contributed by atoms with Gasteiger partial charge in [0.05, 0.1) is 18.8 Å². The summed E-state index contributed by atoms with van der Waals surface area (Å²) in [5.74, 6) is -1.96. The van der Waals surface area contributed by atoms with Gasteiger partial charge in [0.2, 0.25) is 0 Å². The van der Waals surface area contributed by atoms with Crippen molar-refractivity contribution in [2.24, 2.45) is 5.92 Å². The van der Waals surface area contributed by atoms with E-state index in [1.165, 1.54) is 37.7 Å². The first kappa shape index (κ1) is 23.0. The monoisotopic (exact) mass is 430 g/mol. The number of carboxylic acids is 1. The molecular formula is C21H29F3N2O4. The van der Waals surface area contributed by atoms with Crippen LogP contribution in [0.2, 0.25) is 0 Å². The van der Waals surface area contributed by atoms with Crippen LogP contribution in [0.5, 0.6) is 0 Å². The maximum atomic E-state index is 10.6. The molecule has 1 aromatic heterocycles. The average Bonchev–Trinajstić information content (AvgIpc) is 3.37. The zero-order valence-corrected chi connectivity index (χ0v) is 16.9. The molecule has 3 aliphatic rings. The molecule has 9 heteroatoms. The second-order valence-corrected chi connectivity index (χ2v) is 8.14. The Morgan fingerprint density at radius 1 is 1.27 bits per heavy atom. The van der Waals surface area contributed by atoms with E-state index in [0.29, 0.717) is 12.1 Å². The van der Waals surface area contributed by atoms with Crippen molar-refractivity contribution in [2.75, 3.05) is 19.8 Å². The zero-order chi connectivity index (χ0) is 21.6. The second kappa shape index (κ2) is 10.5. The highest BCUT2D eigenvalue weighted by atomic mass is 19.4. The Kier molecular flexibility index (Phi) is 8.07. The SMILES string of the molecule is O=C(O)C(F)(F)F.c1cncc(CN2CCO[C@H]3[C@H](OCC4CCCC4)CC[C@@H]32)c1. The second-order valence-electron chi connectivity index (χ2n) is 8.14. The maximum absolute atomic E-state index is 10.6. The van der Waals surface area contributed by atoms with Crippen molar-refractivity contribution in [1.82, 2.24) is 9.88 Å². The fourth-order valence-electron chi connectivity index (χ4n) is 4.53. The number of alkyl halides is 3. The van der Waals surface area contributed by atoms with Crippen LogP contribution in [0, 0.1) is 5.92 Å². The Morgan fingerprint density at radius 3 is 2.63 bits per heavy atom. The molecule has 30 heavy (non-hydrogen) atoms. The number of carbonyl (C=O) groups is 1. The lowest BCUT2D eigenvalue weighted by atomic mass is 10.1. The minimum atomic E-state index is -5.08. The van der Waals surface area contributed by atoms with E-state index in [1.54, 1.807) is 0 Å². The third kappa shape index (κ3) is 6.39. The topological polar surface area (TPSA) is 71.9 Å². The summed E-state index contributed by atoms with van der Waals surface area (Å²) in [7, 11) is 0.